The number of hydrogen-bond acceptors (Lipinski definition) is 3. The van der Waals surface area contributed by atoms with Crippen molar-refractivity contribution in [2.45, 2.75) is 6.54 Å². The van der Waals surface area contributed by atoms with Gasteiger partial charge in [0.1, 0.15) is 11.6 Å². The number of hydrogen-bond donors (Lipinski definition) is 2. The molecule has 0 atom stereocenters. The Labute approximate surface area is 109 Å². The number of rotatable bonds is 5. The fraction of sp³-hybridized carbons (Fsp3) is 0.222. The van der Waals surface area contributed by atoms with Crippen molar-refractivity contribution in [2.75, 3.05) is 5.75 Å². The normalized spacial score (nSPS) is 11.4. The van der Waals surface area contributed by atoms with Crippen molar-refractivity contribution in [3.63, 3.8) is 0 Å². The molecule has 0 spiro atoms. The lowest BCUT2D eigenvalue weighted by atomic mass is 10.2. The summed E-state index contributed by atoms with van der Waals surface area (Å²) in [5.74, 6) is -0.974. The van der Waals surface area contributed by atoms with E-state index in [-0.39, 0.29) is 16.6 Å². The standard InChI is InChI=1S/C9H10ClFN2O2S2/c10-7-3-6(1-2-8(7)11)4-13-17(14,15)5-9(12)16/h1-3,13H,4-5H2,(H2,12,16). The van der Waals surface area contributed by atoms with Gasteiger partial charge in [-0.1, -0.05) is 29.9 Å². The Morgan fingerprint density at radius 1 is 1.53 bits per heavy atom. The lowest BCUT2D eigenvalue weighted by molar-refractivity contribution is 0.585. The Morgan fingerprint density at radius 3 is 2.71 bits per heavy atom. The van der Waals surface area contributed by atoms with E-state index >= 15 is 0 Å². The van der Waals surface area contributed by atoms with Crippen LogP contribution in [0.2, 0.25) is 5.02 Å². The van der Waals surface area contributed by atoms with Gasteiger partial charge < -0.3 is 5.73 Å². The van der Waals surface area contributed by atoms with Gasteiger partial charge >= 0.3 is 0 Å². The highest BCUT2D eigenvalue weighted by Gasteiger charge is 2.11. The van der Waals surface area contributed by atoms with E-state index in [1.54, 1.807) is 0 Å². The van der Waals surface area contributed by atoms with Crippen LogP contribution in [0, 0.1) is 5.82 Å². The lowest BCUT2D eigenvalue weighted by Gasteiger charge is -2.06. The van der Waals surface area contributed by atoms with Crippen LogP contribution in [0.15, 0.2) is 18.2 Å². The molecule has 0 unspecified atom stereocenters. The highest BCUT2D eigenvalue weighted by atomic mass is 35.5. The van der Waals surface area contributed by atoms with E-state index in [0.717, 1.165) is 0 Å². The first-order valence-electron chi connectivity index (χ1n) is 4.50. The monoisotopic (exact) mass is 296 g/mol. The topological polar surface area (TPSA) is 72.2 Å². The maximum absolute atomic E-state index is 12.8. The van der Waals surface area contributed by atoms with Gasteiger partial charge in [0.05, 0.1) is 10.0 Å². The zero-order valence-corrected chi connectivity index (χ0v) is 11.0. The predicted molar refractivity (Wildman–Crippen MR) is 68.8 cm³/mol. The van der Waals surface area contributed by atoms with Crippen molar-refractivity contribution in [3.8, 4) is 0 Å². The molecule has 0 fully saturated rings. The highest BCUT2D eigenvalue weighted by molar-refractivity contribution is 7.92. The van der Waals surface area contributed by atoms with Gasteiger partial charge in [-0.25, -0.2) is 17.5 Å². The summed E-state index contributed by atoms with van der Waals surface area (Å²) in [5.41, 5.74) is 5.68. The Hall–Kier alpha value is -0.760. The number of sulfonamides is 1. The largest absolute Gasteiger partial charge is 0.392 e. The third-order valence-corrected chi connectivity index (χ3v) is 3.70. The van der Waals surface area contributed by atoms with Gasteiger partial charge in [0.25, 0.3) is 0 Å². The minimum absolute atomic E-state index is 0.00491. The molecule has 1 rings (SSSR count). The molecule has 8 heteroatoms. The molecule has 17 heavy (non-hydrogen) atoms. The number of halogens is 2. The molecule has 0 aliphatic rings. The zero-order chi connectivity index (χ0) is 13.1. The minimum atomic E-state index is -3.56. The first-order chi connectivity index (χ1) is 7.80. The van der Waals surface area contributed by atoms with Gasteiger partial charge in [0.15, 0.2) is 0 Å². The molecule has 3 N–H and O–H groups in total. The third kappa shape index (κ3) is 4.95. The summed E-state index contributed by atoms with van der Waals surface area (Å²) in [6.45, 7) is 0.00491. The second kappa shape index (κ2) is 5.72. The summed E-state index contributed by atoms with van der Waals surface area (Å²) in [6, 6.07) is 3.95. The minimum Gasteiger partial charge on any atom is -0.392 e. The fourth-order valence-corrected chi connectivity index (χ4v) is 2.61. The average Bonchev–Trinajstić information content (AvgIpc) is 2.18. The van der Waals surface area contributed by atoms with Gasteiger partial charge in [0.2, 0.25) is 10.0 Å². The maximum atomic E-state index is 12.8. The highest BCUT2D eigenvalue weighted by Crippen LogP contribution is 2.15. The van der Waals surface area contributed by atoms with E-state index in [9.17, 15) is 12.8 Å². The summed E-state index contributed by atoms with van der Waals surface area (Å²) in [6.07, 6.45) is 0. The van der Waals surface area contributed by atoms with Gasteiger partial charge in [0, 0.05) is 6.54 Å². The predicted octanol–water partition coefficient (Wildman–Crippen LogP) is 1.18. The van der Waals surface area contributed by atoms with E-state index in [0.29, 0.717) is 5.56 Å². The van der Waals surface area contributed by atoms with Crippen molar-refractivity contribution in [3.05, 3.63) is 34.6 Å². The molecule has 0 aromatic heterocycles. The second-order valence-electron chi connectivity index (χ2n) is 3.29. The van der Waals surface area contributed by atoms with Crippen molar-refractivity contribution < 1.29 is 12.8 Å². The van der Waals surface area contributed by atoms with Gasteiger partial charge in [-0.05, 0) is 17.7 Å². The molecular weight excluding hydrogens is 287 g/mol. The van der Waals surface area contributed by atoms with Gasteiger partial charge in [-0.3, -0.25) is 0 Å². The molecule has 0 aliphatic heterocycles. The summed E-state index contributed by atoms with van der Waals surface area (Å²) in [7, 11) is -3.56. The van der Waals surface area contributed by atoms with Crippen LogP contribution in [0.4, 0.5) is 4.39 Å². The Balaban J connectivity index is 2.67. The van der Waals surface area contributed by atoms with Gasteiger partial charge in [-0.2, -0.15) is 0 Å². The van der Waals surface area contributed by atoms with E-state index in [4.69, 9.17) is 17.3 Å². The third-order valence-electron chi connectivity index (χ3n) is 1.81. The van der Waals surface area contributed by atoms with Crippen molar-refractivity contribution >= 4 is 38.8 Å². The maximum Gasteiger partial charge on any atom is 0.218 e. The molecule has 0 aliphatic carbocycles. The number of nitrogens with one attached hydrogen (secondary N) is 1. The zero-order valence-electron chi connectivity index (χ0n) is 8.61. The van der Waals surface area contributed by atoms with Crippen LogP contribution < -0.4 is 10.5 Å². The van der Waals surface area contributed by atoms with Crippen LogP contribution in [0.1, 0.15) is 5.56 Å². The van der Waals surface area contributed by atoms with Crippen LogP contribution in [0.5, 0.6) is 0 Å². The molecule has 4 nitrogen and oxygen atoms in total. The molecule has 1 aromatic carbocycles. The van der Waals surface area contributed by atoms with Crippen molar-refractivity contribution in [1.29, 1.82) is 0 Å². The van der Waals surface area contributed by atoms with Crippen LogP contribution in [-0.2, 0) is 16.6 Å². The molecule has 94 valence electrons. The molecule has 0 bridgehead atoms. The van der Waals surface area contributed by atoms with Crippen molar-refractivity contribution in [2.24, 2.45) is 5.73 Å². The summed E-state index contributed by atoms with van der Waals surface area (Å²) < 4.78 is 37.9. The quantitative estimate of drug-likeness (QED) is 0.801. The van der Waals surface area contributed by atoms with E-state index in [1.165, 1.54) is 18.2 Å². The number of benzene rings is 1. The summed E-state index contributed by atoms with van der Waals surface area (Å²) in [5, 5.41) is -0.0592. The van der Waals surface area contributed by atoms with E-state index in [1.807, 2.05) is 0 Å². The average molecular weight is 297 g/mol. The van der Waals surface area contributed by atoms with Crippen LogP contribution in [-0.4, -0.2) is 19.2 Å². The molecule has 1 aromatic rings. The van der Waals surface area contributed by atoms with Crippen LogP contribution in [0.3, 0.4) is 0 Å². The first kappa shape index (κ1) is 14.3. The van der Waals surface area contributed by atoms with E-state index < -0.39 is 21.6 Å². The first-order valence-corrected chi connectivity index (χ1v) is 6.93. The molecule has 0 saturated carbocycles. The number of thiocarbonyl (C=S) groups is 1. The molecule has 0 saturated heterocycles. The second-order valence-corrected chi connectivity index (χ2v) is 6.03. The Kier molecular flexibility index (Phi) is 4.81. The van der Waals surface area contributed by atoms with Crippen LogP contribution in [0.25, 0.3) is 0 Å². The molecule has 0 radical (unpaired) electrons. The molecule has 0 heterocycles. The van der Waals surface area contributed by atoms with Gasteiger partial charge in [-0.15, -0.1) is 0 Å². The SMILES string of the molecule is NC(=S)CS(=O)(=O)NCc1ccc(F)c(Cl)c1. The van der Waals surface area contributed by atoms with E-state index in [2.05, 4.69) is 16.9 Å². The Bertz CT molecular complexity index is 534. The van der Waals surface area contributed by atoms with Crippen molar-refractivity contribution in [1.82, 2.24) is 4.72 Å². The molecular formula is C9H10ClFN2O2S2. The smallest absolute Gasteiger partial charge is 0.218 e. The van der Waals surface area contributed by atoms with Crippen LogP contribution >= 0.6 is 23.8 Å². The fourth-order valence-electron chi connectivity index (χ4n) is 1.08. The molecule has 0 amide bonds. The summed E-state index contributed by atoms with van der Waals surface area (Å²) in [4.78, 5) is -0.116. The number of nitrogens with two attached hydrogens (primary N) is 1. The lowest BCUT2D eigenvalue weighted by Crippen LogP contribution is -2.31. The Morgan fingerprint density at radius 2 is 2.18 bits per heavy atom. The summed E-state index contributed by atoms with van der Waals surface area (Å²) >= 11 is 10.1.